The highest BCUT2D eigenvalue weighted by Crippen LogP contribution is 2.49. The number of carbonyl (C=O) groups is 4. The zero-order chi connectivity index (χ0) is 81.4. The number of thiazole rings is 3. The van der Waals surface area contributed by atoms with E-state index >= 15 is 0 Å². The van der Waals surface area contributed by atoms with Crippen molar-refractivity contribution in [1.29, 1.82) is 0 Å². The molecule has 13 N–H and O–H groups in total. The van der Waals surface area contributed by atoms with Gasteiger partial charge in [0.2, 0.25) is 17.5 Å². The molecule has 0 radical (unpaired) electrons. The quantitative estimate of drug-likeness (QED) is 0.0585. The number of carboxylic acids is 1. The number of nitrogens with two attached hydrogens (primary N) is 3. The van der Waals surface area contributed by atoms with Gasteiger partial charge in [-0.2, -0.15) is 49.2 Å². The maximum Gasteiger partial charge on any atom is 0.376 e. The number of aliphatic hydroxyl groups excluding tert-OH is 2. The lowest BCUT2D eigenvalue weighted by molar-refractivity contribution is -0.129. The molecule has 12 aromatic heterocycles. The summed E-state index contributed by atoms with van der Waals surface area (Å²) in [5.41, 5.74) is 23.9. The van der Waals surface area contributed by atoms with Crippen molar-refractivity contribution in [3.63, 3.8) is 0 Å². The molecule has 19 heterocycles. The first-order chi connectivity index (χ1) is 55.6. The number of hydrogen-bond acceptors (Lipinski definition) is 37. The summed E-state index contributed by atoms with van der Waals surface area (Å²) >= 11 is 3.92. The molecule has 0 aromatic carbocycles. The fourth-order valence-corrected chi connectivity index (χ4v) is 22.2. The number of H-pyrrole nitrogens is 3. The second-order valence-electron chi connectivity index (χ2n) is 28.8. The number of nitrogens with zero attached hydrogens (tertiary/aromatic N) is 22. The van der Waals surface area contributed by atoms with Crippen LogP contribution in [0.25, 0.3) is 48.3 Å². The first-order valence-corrected chi connectivity index (χ1v) is 44.4. The number of aliphatic hydroxyl groups is 2. The average Bonchev–Trinajstić information content (AvgIpc) is 1.53. The highest BCUT2D eigenvalue weighted by atomic mass is 32.2. The number of fused-ring (bicyclic) bond motifs is 9. The largest absolute Gasteiger partial charge is 0.477 e. The summed E-state index contributed by atoms with van der Waals surface area (Å²) in [5, 5.41) is 70.7. The van der Waals surface area contributed by atoms with Gasteiger partial charge in [-0.15, -0.1) is 39.1 Å². The summed E-state index contributed by atoms with van der Waals surface area (Å²) in [6.07, 6.45) is 27.9. The molecule has 7 aliphatic rings. The number of amides is 2. The molecule has 606 valence electrons. The van der Waals surface area contributed by atoms with Gasteiger partial charge in [-0.05, 0) is 77.0 Å². The number of ether oxygens (including phenoxy) is 1. The molecule has 0 aliphatic carbocycles. The van der Waals surface area contributed by atoms with E-state index in [1.54, 1.807) is 37.2 Å². The number of piperidine rings is 3. The summed E-state index contributed by atoms with van der Waals surface area (Å²) < 4.78 is 86.5. The molecule has 3 unspecified atom stereocenters. The molecular weight excluding hydrogens is 1630 g/mol. The molecule has 0 spiro atoms. The van der Waals surface area contributed by atoms with Gasteiger partial charge in [-0.3, -0.25) is 24.9 Å². The Kier molecular flexibility index (Phi) is 21.1. The SMILES string of the molecule is CS(=O)(=O)c1c(C2C[C@H]3CC[C@@H](C2)N3)nc2c(-c3cnc(CO)s3)cnn2c1N.CS(=O)(=O)c1c(C2C[C@H]3CC[C@@H](C2)N3C(=O)c2ncn[nH]2)nc2c(-c3cnc(CO)s3)cnn2c1N.CS(=O)(=O)c1c(C2C[C@H]3CC[C@@H](C2)N3C(=O)c2ncn[nH]2)nc2c(-c3cnc(COC(=O)c4ncn[nH]4)s3)cnn2c1N.O=C(O)C1=NN=CC1. The predicted octanol–water partition coefficient (Wildman–Crippen LogP) is 3.21. The van der Waals surface area contributed by atoms with Crippen molar-refractivity contribution in [2.45, 2.75) is 172 Å². The van der Waals surface area contributed by atoms with Crippen molar-refractivity contribution in [2.24, 2.45) is 10.2 Å². The summed E-state index contributed by atoms with van der Waals surface area (Å²) in [6, 6.07) is 0.418. The fraction of sp³-hybridized carbons (Fsp3) is 0.418. The van der Waals surface area contributed by atoms with E-state index in [4.69, 9.17) is 42.0 Å². The lowest BCUT2D eigenvalue weighted by atomic mass is 9.87. The van der Waals surface area contributed by atoms with Crippen LogP contribution >= 0.6 is 34.0 Å². The Labute approximate surface area is 668 Å². The fourth-order valence-electron chi connectivity index (χ4n) is 16.6. The first kappa shape index (κ1) is 78.4. The van der Waals surface area contributed by atoms with Crippen molar-refractivity contribution in [3.8, 4) is 31.3 Å². The topological polar surface area (TPSA) is 616 Å². The second-order valence-corrected chi connectivity index (χ2v) is 38.0. The third kappa shape index (κ3) is 15.1. The van der Waals surface area contributed by atoms with Crippen molar-refractivity contribution in [3.05, 3.63) is 106 Å². The number of aromatic nitrogens is 21. The van der Waals surface area contributed by atoms with Crippen molar-refractivity contribution in [1.82, 2.24) is 119 Å². The third-order valence-electron chi connectivity index (χ3n) is 21.4. The Balaban J connectivity index is 0.000000126. The minimum atomic E-state index is -3.79. The van der Waals surface area contributed by atoms with E-state index in [0.29, 0.717) is 109 Å². The lowest BCUT2D eigenvalue weighted by Gasteiger charge is -2.38. The number of carbonyl (C=O) groups excluding carboxylic acids is 3. The normalized spacial score (nSPS) is 21.5. The van der Waals surface area contributed by atoms with E-state index in [9.17, 15) is 54.6 Å². The lowest BCUT2D eigenvalue weighted by Crippen LogP contribution is -2.46. The maximum absolute atomic E-state index is 13.1. The van der Waals surface area contributed by atoms with E-state index in [1.165, 1.54) is 79.0 Å². The van der Waals surface area contributed by atoms with Gasteiger partial charge in [0.1, 0.15) is 72.8 Å². The molecule has 9 atom stereocenters. The summed E-state index contributed by atoms with van der Waals surface area (Å²) in [5.74, 6) is -2.10. The van der Waals surface area contributed by atoms with Gasteiger partial charge < -0.3 is 52.4 Å². The molecule has 7 aliphatic heterocycles. The minimum Gasteiger partial charge on any atom is -0.477 e. The molecule has 6 fully saturated rings. The van der Waals surface area contributed by atoms with Crippen molar-refractivity contribution in [2.75, 3.05) is 36.0 Å². The smallest absolute Gasteiger partial charge is 0.376 e. The molecule has 0 saturated carbocycles. The number of nitrogen functional groups attached to an aromatic ring is 3. The van der Waals surface area contributed by atoms with E-state index in [0.717, 1.165) is 79.2 Å². The van der Waals surface area contributed by atoms with E-state index in [1.807, 2.05) is 9.80 Å². The zero-order valence-electron chi connectivity index (χ0n) is 61.6. The summed E-state index contributed by atoms with van der Waals surface area (Å²) in [6.45, 7) is -0.408. The van der Waals surface area contributed by atoms with Gasteiger partial charge in [-0.1, -0.05) is 0 Å². The second kappa shape index (κ2) is 31.3. The number of nitrogens with one attached hydrogen (secondary N) is 4. The molecule has 49 heteroatoms. The number of esters is 1. The van der Waals surface area contributed by atoms with Gasteiger partial charge in [0, 0.05) is 104 Å². The van der Waals surface area contributed by atoms with Crippen LogP contribution in [0.3, 0.4) is 0 Å². The van der Waals surface area contributed by atoms with Crippen molar-refractivity contribution >= 4 is 134 Å². The van der Waals surface area contributed by atoms with E-state index in [2.05, 4.69) is 91.3 Å². The zero-order valence-corrected chi connectivity index (χ0v) is 66.5. The summed E-state index contributed by atoms with van der Waals surface area (Å²) in [7, 11) is -11.1. The number of hydrogen-bond donors (Lipinski definition) is 10. The Morgan fingerprint density at radius 3 is 1.18 bits per heavy atom. The Bertz CT molecular complexity index is 6200. The van der Waals surface area contributed by atoms with Crippen LogP contribution < -0.4 is 22.5 Å². The summed E-state index contributed by atoms with van der Waals surface area (Å²) in [4.78, 5) is 93.2. The Morgan fingerprint density at radius 1 is 0.500 bits per heavy atom. The molecule has 19 rings (SSSR count). The molecular formula is C67H73N29O14S6. The number of sulfone groups is 3. The Hall–Kier alpha value is -11.5. The van der Waals surface area contributed by atoms with Gasteiger partial charge in [-0.25, -0.2) is 79.7 Å². The van der Waals surface area contributed by atoms with Crippen LogP contribution in [-0.4, -0.2) is 245 Å². The number of rotatable bonds is 17. The van der Waals surface area contributed by atoms with Gasteiger partial charge >= 0.3 is 11.9 Å². The minimum absolute atomic E-state index is 0.00293. The molecule has 43 nitrogen and oxygen atoms in total. The predicted molar refractivity (Wildman–Crippen MR) is 415 cm³/mol. The van der Waals surface area contributed by atoms with Crippen LogP contribution in [0, 0.1) is 0 Å². The van der Waals surface area contributed by atoms with Crippen molar-refractivity contribution < 1.29 is 64.5 Å². The monoisotopic (exact) mass is 1700 g/mol. The third-order valence-corrected chi connectivity index (χ3v) is 27.9. The van der Waals surface area contributed by atoms with Crippen LogP contribution in [-0.2, 0) is 58.9 Å². The number of anilines is 3. The average molecular weight is 1700 g/mol. The maximum atomic E-state index is 13.1. The molecule has 116 heavy (non-hydrogen) atoms. The van der Waals surface area contributed by atoms with Gasteiger partial charge in [0.05, 0.1) is 80.2 Å². The van der Waals surface area contributed by atoms with Gasteiger partial charge in [0.15, 0.2) is 52.2 Å². The van der Waals surface area contributed by atoms with Crippen LogP contribution in [0.4, 0.5) is 17.5 Å². The molecule has 6 bridgehead atoms. The van der Waals surface area contributed by atoms with E-state index < -0.39 is 41.5 Å². The first-order valence-electron chi connectivity index (χ1n) is 36.2. The molecule has 12 aromatic rings. The van der Waals surface area contributed by atoms with Crippen LogP contribution in [0.15, 0.2) is 81.1 Å². The number of aliphatic carboxylic acids is 1. The van der Waals surface area contributed by atoms with Gasteiger partial charge in [0.25, 0.3) is 11.8 Å². The van der Waals surface area contributed by atoms with Crippen LogP contribution in [0.1, 0.15) is 165 Å². The molecule has 2 amide bonds. The number of carboxylic acid groups (broad SMARTS) is 1. The van der Waals surface area contributed by atoms with Crippen LogP contribution in [0.2, 0.25) is 0 Å². The highest BCUT2D eigenvalue weighted by molar-refractivity contribution is 7.91. The Morgan fingerprint density at radius 2 is 0.862 bits per heavy atom. The van der Waals surface area contributed by atoms with Crippen LogP contribution in [0.5, 0.6) is 0 Å². The standard InChI is InChI=1S/C24H24N12O5S2.C21H23N9O4S2.C18H22N6O3S2.C4H4N2O2/c1-43(39,40)18-17(11-4-12-2-3-13(5-11)35(12)23(37)20-27-9-29-33-20)32-22-14(6-31-36(22)19(18)25)15-7-26-16(42-15)8-41-24(38)21-28-10-30-34-21;1-36(33,34)17-16(10-4-11-2-3-12(5-10)29(11)21(32)19-24-9-25-28-19)27-20-13(6-26-30(20)18(17)22)14-7-23-15(8-31)35-14;1-29(26,27)16-15(9-4-10-2-3-11(5-9)22-10)23-18-12(6-21-24(18)17(16)19)13-7-20-14(8-25)28-13;7-4(8)3-1-2-5-6-3/h6-7,9-13H,2-5,8,25H2,1H3,(H,27,29,33)(H,28,30,34);6-7,9-12,31H,2-5,8,22H2,1H3,(H,24,25,28);6-7,9-11,22,25H,2-5,8,19H2,1H3;2H,1H2,(H,7,8)/t11?,12-,13+;10?,11-,12+;9?,10-,11+;. The number of aromatic amines is 3. The highest BCUT2D eigenvalue weighted by Gasteiger charge is 2.49. The molecule has 6 saturated heterocycles. The van der Waals surface area contributed by atoms with E-state index in [-0.39, 0.29) is 129 Å².